The molecule has 0 radical (unpaired) electrons. The van der Waals surface area contributed by atoms with Gasteiger partial charge in [0.2, 0.25) is 18.4 Å². The molecule has 3 aromatic carbocycles. The number of carbonyl (C=O) groups is 5. The molecule has 0 aliphatic heterocycles. The van der Waals surface area contributed by atoms with Crippen molar-refractivity contribution in [3.05, 3.63) is 298 Å². The van der Waals surface area contributed by atoms with Crippen LogP contribution in [0, 0.1) is 27.3 Å². The third kappa shape index (κ3) is 41.9. The van der Waals surface area contributed by atoms with Gasteiger partial charge in [-0.05, 0) is 140 Å². The van der Waals surface area contributed by atoms with Gasteiger partial charge in [-0.3, -0.25) is 49.1 Å². The molecule has 9 aromatic rings. The molecule has 2 unspecified atom stereocenters. The van der Waals surface area contributed by atoms with E-state index in [1.807, 2.05) is 142 Å². The summed E-state index contributed by atoms with van der Waals surface area (Å²) in [4.78, 5) is 134. The molecule has 30 heteroatoms. The van der Waals surface area contributed by atoms with Gasteiger partial charge in [-0.15, -0.1) is 0 Å². The molecule has 0 spiro atoms. The van der Waals surface area contributed by atoms with Gasteiger partial charge in [0.05, 0.1) is 0 Å². The van der Waals surface area contributed by atoms with Gasteiger partial charge in [0.1, 0.15) is 18.4 Å². The van der Waals surface area contributed by atoms with Crippen LogP contribution in [0.15, 0.2) is 220 Å². The molecule has 0 saturated heterocycles. The minimum Gasteiger partial charge on any atom is -0.475 e. The van der Waals surface area contributed by atoms with Crippen molar-refractivity contribution in [2.75, 3.05) is 39.3 Å². The first kappa shape index (κ1) is 91.3. The Morgan fingerprint density at radius 3 is 1.13 bits per heavy atom. The smallest absolute Gasteiger partial charge is 0.475 e. The van der Waals surface area contributed by atoms with Crippen LogP contribution in [0.4, 0.5) is 26.3 Å². The number of pyridine rings is 6. The third-order valence-electron chi connectivity index (χ3n) is 13.7. The zero-order chi connectivity index (χ0) is 78.8. The lowest BCUT2D eigenvalue weighted by Gasteiger charge is -2.32. The molecule has 24 nitrogen and oxygen atoms in total. The highest BCUT2D eigenvalue weighted by atomic mass is 19.4. The summed E-state index contributed by atoms with van der Waals surface area (Å²) in [5, 5.41) is 16.3. The molecule has 0 fully saturated rings. The lowest BCUT2D eigenvalue weighted by molar-refractivity contribution is -0.193. The van der Waals surface area contributed by atoms with Gasteiger partial charge in [0.15, 0.2) is 0 Å². The quantitative estimate of drug-likeness (QED) is 0.0226. The molecule has 106 heavy (non-hydrogen) atoms. The van der Waals surface area contributed by atoms with Gasteiger partial charge < -0.3 is 36.5 Å². The van der Waals surface area contributed by atoms with Crippen molar-refractivity contribution in [3.8, 4) is 0 Å². The molecule has 556 valence electrons. The first-order chi connectivity index (χ1) is 50.8. The second-order valence-corrected chi connectivity index (χ2v) is 21.6. The summed E-state index contributed by atoms with van der Waals surface area (Å²) in [7, 11) is 0. The van der Waals surface area contributed by atoms with Crippen molar-refractivity contribution < 1.29 is 84.2 Å². The van der Waals surface area contributed by atoms with E-state index >= 15 is 0 Å². The molecule has 6 aromatic heterocycles. The summed E-state index contributed by atoms with van der Waals surface area (Å²) >= 11 is 0. The van der Waals surface area contributed by atoms with Crippen molar-refractivity contribution in [2.45, 2.75) is 83.7 Å². The Morgan fingerprint density at radius 1 is 0.491 bits per heavy atom. The Balaban J connectivity index is 0.000000685. The number of nitrogens with zero attached hydrogens (tertiary/aromatic N) is 8. The summed E-state index contributed by atoms with van der Waals surface area (Å²) in [6.45, 7) is 14.8. The largest absolute Gasteiger partial charge is 0.490 e. The van der Waals surface area contributed by atoms with Crippen molar-refractivity contribution in [3.63, 3.8) is 0 Å². The number of nitrogens with one attached hydrogen (secondary N) is 3. The van der Waals surface area contributed by atoms with E-state index < -0.39 is 36.2 Å². The maximum atomic E-state index is 13.6. The number of alkyl halides is 6. The molecule has 0 bridgehead atoms. The van der Waals surface area contributed by atoms with Gasteiger partial charge in [-0.1, -0.05) is 126 Å². The average molecular weight is 1470 g/mol. The van der Waals surface area contributed by atoms with Gasteiger partial charge in [0, 0.05) is 113 Å². The molecule has 6 N–H and O–H groups in total. The molecule has 0 aliphatic carbocycles. The number of carboxylic acid groups (broad SMARTS) is 1. The molecule has 0 aliphatic rings. The molecule has 6 heterocycles. The van der Waals surface area contributed by atoms with Crippen LogP contribution in [-0.2, 0) is 86.5 Å². The van der Waals surface area contributed by atoms with Crippen LogP contribution in [0.25, 0.3) is 4.85 Å². The fourth-order valence-electron chi connectivity index (χ4n) is 8.60. The second kappa shape index (κ2) is 54.9. The molecular weight excluding hydrogens is 1390 g/mol. The van der Waals surface area contributed by atoms with Crippen LogP contribution >= 0.6 is 0 Å². The Kier molecular flexibility index (Phi) is 47.3. The highest BCUT2D eigenvalue weighted by molar-refractivity contribution is 5.91. The SMILES string of the molecule is Cc1ccc(C(C(=O)NCCc2cccnc2)N(CCc2cccnc2)C(=O)C(F)(F)F)cc1.Cc1ccc(C(NCCc2cccnc2)C(=O)NCCc2cccnc2)cc1.Cc1ccc(C=O)cc1.NCCc1cccnc1.O=C(O)C(F)(F)F.O=C=O.O=C=O.O=C=O.[C-]#[N+]CCc1cccnc1. The number of aromatic nitrogens is 6. The Morgan fingerprint density at radius 2 is 0.811 bits per heavy atom. The summed E-state index contributed by atoms with van der Waals surface area (Å²) in [5.41, 5.74) is 16.7. The van der Waals surface area contributed by atoms with Crippen LogP contribution in [0.1, 0.15) is 83.6 Å². The minimum absolute atomic E-state index is 0.0149. The van der Waals surface area contributed by atoms with E-state index in [1.54, 1.807) is 92.0 Å². The van der Waals surface area contributed by atoms with Crippen molar-refractivity contribution >= 4 is 48.4 Å². The number of rotatable bonds is 23. The second-order valence-electron chi connectivity index (χ2n) is 21.6. The van der Waals surface area contributed by atoms with E-state index in [0.717, 1.165) is 70.9 Å². The number of aliphatic carboxylic acids is 1. The maximum Gasteiger partial charge on any atom is 0.490 e. The molecular formula is C76H78F6N12O12. The number of benzene rings is 3. The number of carboxylic acids is 1. The van der Waals surface area contributed by atoms with Crippen LogP contribution in [-0.4, -0.2) is 140 Å². The normalized spacial score (nSPS) is 10.3. The fourth-order valence-corrected chi connectivity index (χ4v) is 8.60. The standard InChI is InChI=1S/C25H25F3N4O2.C23H26N4O.C8H8N2.C8H8O.C7H10N2.C2HF3O2.3CO2/c1-18-6-8-21(9-7-18)22(23(33)31-14-10-19-4-2-12-29-16-19)32(24(34)25(26,27)28)15-11-20-5-3-13-30-17-20;1-18-6-8-21(9-7-18)22(26-14-10-19-4-2-12-24-16-19)23(28)27-15-11-20-5-3-13-25-17-20;1-9-6-4-8-3-2-5-10-7-8;1-7-2-4-8(6-9)5-3-7;8-4-3-7-2-1-5-9-6-7;3-2(4,5)1(6)7;3*2-1-3/h2-9,12-13,16-17,22H,10-11,14-15H2,1H3,(H,31,33);2-9,12-13,16-17,22,26H,10-11,14-15H2,1H3,(H,27,28);2-3,5,7H,4,6H2;2-6H,1H3;1-2,5-6H,3-4,8H2;(H,6,7);;;. The zero-order valence-electron chi connectivity index (χ0n) is 57.9. The van der Waals surface area contributed by atoms with E-state index in [2.05, 4.69) is 50.7 Å². The van der Waals surface area contributed by atoms with Gasteiger partial charge in [-0.25, -0.2) is 11.4 Å². The fraction of sp³-hybridized carbons (Fsp3) is 0.250. The molecule has 3 amide bonds. The lowest BCUT2D eigenvalue weighted by Crippen LogP contribution is -2.49. The van der Waals surface area contributed by atoms with E-state index in [0.29, 0.717) is 48.6 Å². The topological polar surface area (TPSA) is 355 Å². The minimum atomic E-state index is -5.13. The monoisotopic (exact) mass is 1460 g/mol. The number of hydrogen-bond donors (Lipinski definition) is 5. The van der Waals surface area contributed by atoms with Crippen LogP contribution < -0.4 is 21.7 Å². The Bertz CT molecular complexity index is 4020. The Hall–Kier alpha value is -12.8. The molecule has 9 rings (SSSR count). The number of aryl methyl sites for hydroxylation is 3. The predicted molar refractivity (Wildman–Crippen MR) is 373 cm³/mol. The van der Waals surface area contributed by atoms with E-state index in [-0.39, 0.29) is 49.9 Å². The van der Waals surface area contributed by atoms with Crippen molar-refractivity contribution in [2.24, 2.45) is 5.73 Å². The number of halogens is 6. The van der Waals surface area contributed by atoms with E-state index in [9.17, 15) is 45.5 Å². The highest BCUT2D eigenvalue weighted by Gasteiger charge is 2.46. The van der Waals surface area contributed by atoms with Crippen molar-refractivity contribution in [1.29, 1.82) is 0 Å². The Labute approximate surface area is 607 Å². The van der Waals surface area contributed by atoms with Crippen LogP contribution in [0.2, 0.25) is 0 Å². The van der Waals surface area contributed by atoms with E-state index in [1.165, 1.54) is 22.9 Å². The van der Waals surface area contributed by atoms with Gasteiger partial charge >= 0.3 is 42.7 Å². The first-order valence-electron chi connectivity index (χ1n) is 31.8. The number of hydrogen-bond acceptors (Lipinski definition) is 19. The summed E-state index contributed by atoms with van der Waals surface area (Å²) < 4.78 is 72.4. The number of amides is 3. The van der Waals surface area contributed by atoms with Crippen LogP contribution in [0.5, 0.6) is 0 Å². The first-order valence-corrected chi connectivity index (χ1v) is 31.8. The number of nitrogens with two attached hydrogens (primary N) is 1. The lowest BCUT2D eigenvalue weighted by atomic mass is 10.0. The summed E-state index contributed by atoms with van der Waals surface area (Å²) in [6.07, 6.45) is 15.9. The molecule has 2 atom stereocenters. The van der Waals surface area contributed by atoms with Gasteiger partial charge in [-0.2, -0.15) is 55.1 Å². The highest BCUT2D eigenvalue weighted by Crippen LogP contribution is 2.29. The zero-order valence-corrected chi connectivity index (χ0v) is 57.9. The third-order valence-corrected chi connectivity index (χ3v) is 13.7. The van der Waals surface area contributed by atoms with Crippen molar-refractivity contribution in [1.82, 2.24) is 50.8 Å². The van der Waals surface area contributed by atoms with E-state index in [4.69, 9.17) is 51.0 Å². The maximum absolute atomic E-state index is 13.6. The summed E-state index contributed by atoms with van der Waals surface area (Å²) in [5.74, 6) is -5.52. The number of carbonyl (C=O) groups excluding carboxylic acids is 10. The van der Waals surface area contributed by atoms with Crippen LogP contribution in [0.3, 0.4) is 0 Å². The van der Waals surface area contributed by atoms with Gasteiger partial charge in [0.25, 0.3) is 0 Å². The predicted octanol–water partition coefficient (Wildman–Crippen LogP) is 9.65. The number of aldehydes is 1. The summed E-state index contributed by atoms with van der Waals surface area (Å²) in [6, 6.07) is 42.9. The average Bonchev–Trinajstić information content (AvgIpc) is 0.802. The molecule has 0 saturated carbocycles.